The van der Waals surface area contributed by atoms with Gasteiger partial charge in [-0.3, -0.25) is 10.1 Å². The van der Waals surface area contributed by atoms with E-state index in [0.29, 0.717) is 6.04 Å². The van der Waals surface area contributed by atoms with Crippen molar-refractivity contribution in [1.82, 2.24) is 10.6 Å². The SMILES string of the molecule is CC(NC(C)c1ccc(Br)cc1)C(=O)NC1CC1. The van der Waals surface area contributed by atoms with Gasteiger partial charge in [-0.2, -0.15) is 0 Å². The molecule has 1 aliphatic carbocycles. The van der Waals surface area contributed by atoms with Crippen molar-refractivity contribution >= 4 is 21.8 Å². The van der Waals surface area contributed by atoms with Gasteiger partial charge in [0.15, 0.2) is 0 Å². The molecule has 0 heterocycles. The zero-order chi connectivity index (χ0) is 13.1. The fourth-order valence-corrected chi connectivity index (χ4v) is 2.12. The predicted octanol–water partition coefficient (Wildman–Crippen LogP) is 2.77. The van der Waals surface area contributed by atoms with Gasteiger partial charge in [-0.25, -0.2) is 0 Å². The number of hydrogen-bond acceptors (Lipinski definition) is 2. The molecule has 1 aromatic carbocycles. The van der Waals surface area contributed by atoms with E-state index in [9.17, 15) is 4.79 Å². The molecule has 98 valence electrons. The molecule has 2 N–H and O–H groups in total. The van der Waals surface area contributed by atoms with Crippen molar-refractivity contribution in [3.8, 4) is 0 Å². The Bertz CT molecular complexity index is 414. The second kappa shape index (κ2) is 5.85. The fraction of sp³-hybridized carbons (Fsp3) is 0.500. The molecular weight excluding hydrogens is 292 g/mol. The molecule has 1 aliphatic rings. The van der Waals surface area contributed by atoms with Crippen molar-refractivity contribution in [3.05, 3.63) is 34.3 Å². The van der Waals surface area contributed by atoms with Crippen LogP contribution in [0.25, 0.3) is 0 Å². The van der Waals surface area contributed by atoms with Gasteiger partial charge in [0, 0.05) is 16.6 Å². The van der Waals surface area contributed by atoms with E-state index < -0.39 is 0 Å². The summed E-state index contributed by atoms with van der Waals surface area (Å²) in [5.74, 6) is 0.0986. The molecule has 1 fully saturated rings. The third-order valence-electron chi connectivity index (χ3n) is 3.19. The second-order valence-corrected chi connectivity index (χ2v) is 5.86. The van der Waals surface area contributed by atoms with Crippen LogP contribution in [0.5, 0.6) is 0 Å². The summed E-state index contributed by atoms with van der Waals surface area (Å²) in [4.78, 5) is 11.8. The maximum atomic E-state index is 11.8. The zero-order valence-corrected chi connectivity index (χ0v) is 12.3. The lowest BCUT2D eigenvalue weighted by molar-refractivity contribution is -0.123. The van der Waals surface area contributed by atoms with Crippen LogP contribution in [0.4, 0.5) is 0 Å². The molecule has 1 amide bonds. The quantitative estimate of drug-likeness (QED) is 0.878. The smallest absolute Gasteiger partial charge is 0.237 e. The van der Waals surface area contributed by atoms with Crippen LogP contribution in [0, 0.1) is 0 Å². The van der Waals surface area contributed by atoms with Crippen LogP contribution in [-0.2, 0) is 4.79 Å². The largest absolute Gasteiger partial charge is 0.352 e. The van der Waals surface area contributed by atoms with Gasteiger partial charge in [-0.05, 0) is 44.4 Å². The number of amides is 1. The number of carbonyl (C=O) groups is 1. The first-order valence-corrected chi connectivity index (χ1v) is 7.17. The van der Waals surface area contributed by atoms with Gasteiger partial charge in [-0.15, -0.1) is 0 Å². The lowest BCUT2D eigenvalue weighted by atomic mass is 10.1. The van der Waals surface area contributed by atoms with E-state index >= 15 is 0 Å². The maximum absolute atomic E-state index is 11.8. The Morgan fingerprint density at radius 3 is 2.44 bits per heavy atom. The summed E-state index contributed by atoms with van der Waals surface area (Å²) in [6.07, 6.45) is 2.25. The first kappa shape index (κ1) is 13.6. The predicted molar refractivity (Wildman–Crippen MR) is 76.3 cm³/mol. The normalized spacial score (nSPS) is 18.2. The monoisotopic (exact) mass is 310 g/mol. The second-order valence-electron chi connectivity index (χ2n) is 4.94. The highest BCUT2D eigenvalue weighted by Gasteiger charge is 2.26. The van der Waals surface area contributed by atoms with Crippen molar-refractivity contribution in [3.63, 3.8) is 0 Å². The van der Waals surface area contributed by atoms with E-state index in [1.807, 2.05) is 19.1 Å². The molecule has 1 saturated carbocycles. The molecule has 0 spiro atoms. The molecule has 4 heteroatoms. The van der Waals surface area contributed by atoms with E-state index in [-0.39, 0.29) is 18.0 Å². The summed E-state index contributed by atoms with van der Waals surface area (Å²) in [5, 5.41) is 6.33. The zero-order valence-electron chi connectivity index (χ0n) is 10.7. The average molecular weight is 311 g/mol. The van der Waals surface area contributed by atoms with Crippen LogP contribution in [-0.4, -0.2) is 18.0 Å². The molecule has 0 radical (unpaired) electrons. The standard InChI is InChI=1S/C14H19BrN2O/c1-9(11-3-5-12(15)6-4-11)16-10(2)14(18)17-13-7-8-13/h3-6,9-10,13,16H,7-8H2,1-2H3,(H,17,18). The van der Waals surface area contributed by atoms with E-state index in [2.05, 4.69) is 45.6 Å². The number of hydrogen-bond donors (Lipinski definition) is 2. The number of rotatable bonds is 5. The first-order valence-electron chi connectivity index (χ1n) is 6.38. The van der Waals surface area contributed by atoms with Crippen molar-refractivity contribution in [1.29, 1.82) is 0 Å². The summed E-state index contributed by atoms with van der Waals surface area (Å²) >= 11 is 3.42. The summed E-state index contributed by atoms with van der Waals surface area (Å²) in [5.41, 5.74) is 1.18. The molecule has 0 bridgehead atoms. The third kappa shape index (κ3) is 3.82. The van der Waals surface area contributed by atoms with Gasteiger partial charge in [0.25, 0.3) is 0 Å². The van der Waals surface area contributed by atoms with Gasteiger partial charge in [-0.1, -0.05) is 28.1 Å². The Balaban J connectivity index is 1.87. The van der Waals surface area contributed by atoms with Crippen molar-refractivity contribution in [2.45, 2.75) is 44.8 Å². The third-order valence-corrected chi connectivity index (χ3v) is 3.72. The van der Waals surface area contributed by atoms with Gasteiger partial charge >= 0.3 is 0 Å². The van der Waals surface area contributed by atoms with Gasteiger partial charge in [0.05, 0.1) is 6.04 Å². The Morgan fingerprint density at radius 2 is 1.89 bits per heavy atom. The number of halogens is 1. The summed E-state index contributed by atoms with van der Waals surface area (Å²) in [7, 11) is 0. The van der Waals surface area contributed by atoms with Crippen molar-refractivity contribution in [2.75, 3.05) is 0 Å². The lowest BCUT2D eigenvalue weighted by Gasteiger charge is -2.20. The Hall–Kier alpha value is -0.870. The fourth-order valence-electron chi connectivity index (χ4n) is 1.85. The van der Waals surface area contributed by atoms with Gasteiger partial charge < -0.3 is 5.32 Å². The number of nitrogens with one attached hydrogen (secondary N) is 2. The lowest BCUT2D eigenvalue weighted by Crippen LogP contribution is -2.43. The minimum absolute atomic E-state index is 0.0986. The minimum atomic E-state index is -0.163. The molecule has 2 unspecified atom stereocenters. The molecule has 3 nitrogen and oxygen atoms in total. The van der Waals surface area contributed by atoms with E-state index in [0.717, 1.165) is 17.3 Å². The summed E-state index contributed by atoms with van der Waals surface area (Å²) < 4.78 is 1.07. The summed E-state index contributed by atoms with van der Waals surface area (Å²) in [6.45, 7) is 3.98. The van der Waals surface area contributed by atoms with Crippen LogP contribution < -0.4 is 10.6 Å². The molecule has 18 heavy (non-hydrogen) atoms. The van der Waals surface area contributed by atoms with Crippen LogP contribution in [0.2, 0.25) is 0 Å². The van der Waals surface area contributed by atoms with Gasteiger partial charge in [0.1, 0.15) is 0 Å². The highest BCUT2D eigenvalue weighted by Crippen LogP contribution is 2.19. The molecule has 1 aromatic rings. The van der Waals surface area contributed by atoms with Crippen LogP contribution in [0.15, 0.2) is 28.7 Å². The summed E-state index contributed by atoms with van der Waals surface area (Å²) in [6, 6.07) is 8.58. The molecule has 2 rings (SSSR count). The molecule has 0 aliphatic heterocycles. The Morgan fingerprint density at radius 1 is 1.28 bits per heavy atom. The van der Waals surface area contributed by atoms with Crippen molar-refractivity contribution < 1.29 is 4.79 Å². The van der Waals surface area contributed by atoms with Gasteiger partial charge in [0.2, 0.25) is 5.91 Å². The van der Waals surface area contributed by atoms with Crippen LogP contribution >= 0.6 is 15.9 Å². The Labute approximate surface area is 116 Å². The maximum Gasteiger partial charge on any atom is 0.237 e. The van der Waals surface area contributed by atoms with E-state index in [1.165, 1.54) is 5.56 Å². The molecule has 2 atom stereocenters. The minimum Gasteiger partial charge on any atom is -0.352 e. The van der Waals surface area contributed by atoms with E-state index in [4.69, 9.17) is 0 Å². The highest BCUT2D eigenvalue weighted by molar-refractivity contribution is 9.10. The molecular formula is C14H19BrN2O. The van der Waals surface area contributed by atoms with Crippen LogP contribution in [0.1, 0.15) is 38.3 Å². The average Bonchev–Trinajstić information content (AvgIpc) is 3.13. The number of carbonyl (C=O) groups excluding carboxylic acids is 1. The molecule has 0 aromatic heterocycles. The Kier molecular flexibility index (Phi) is 4.40. The van der Waals surface area contributed by atoms with Crippen molar-refractivity contribution in [2.24, 2.45) is 0 Å². The first-order chi connectivity index (χ1) is 8.56. The van der Waals surface area contributed by atoms with Crippen LogP contribution in [0.3, 0.4) is 0 Å². The van der Waals surface area contributed by atoms with E-state index in [1.54, 1.807) is 0 Å². The highest BCUT2D eigenvalue weighted by atomic mass is 79.9. The topological polar surface area (TPSA) is 41.1 Å². The molecule has 0 saturated heterocycles. The number of benzene rings is 1.